The van der Waals surface area contributed by atoms with Crippen molar-refractivity contribution in [1.29, 1.82) is 0 Å². The maximum absolute atomic E-state index is 4.38. The van der Waals surface area contributed by atoms with E-state index < -0.39 is 0 Å². The first-order valence-corrected chi connectivity index (χ1v) is 7.66. The number of nitrogens with zero attached hydrogens (tertiary/aromatic N) is 3. The van der Waals surface area contributed by atoms with Gasteiger partial charge in [-0.05, 0) is 45.8 Å². The van der Waals surface area contributed by atoms with Crippen LogP contribution in [0.15, 0.2) is 18.3 Å². The van der Waals surface area contributed by atoms with Gasteiger partial charge in [0.1, 0.15) is 5.82 Å². The first-order valence-electron chi connectivity index (χ1n) is 7.66. The molecule has 1 fully saturated rings. The highest BCUT2D eigenvalue weighted by molar-refractivity contribution is 5.53. The molecule has 0 radical (unpaired) electrons. The lowest BCUT2D eigenvalue weighted by Crippen LogP contribution is -2.56. The molecule has 1 heterocycles. The Morgan fingerprint density at radius 2 is 2.05 bits per heavy atom. The van der Waals surface area contributed by atoms with Gasteiger partial charge in [0.2, 0.25) is 0 Å². The summed E-state index contributed by atoms with van der Waals surface area (Å²) in [6.07, 6.45) is 6.97. The van der Waals surface area contributed by atoms with Gasteiger partial charge in [0.25, 0.3) is 0 Å². The molecule has 0 atom stereocenters. The van der Waals surface area contributed by atoms with Gasteiger partial charge in [0.05, 0.1) is 0 Å². The van der Waals surface area contributed by atoms with Crippen LogP contribution < -0.4 is 10.2 Å². The number of anilines is 2. The molecule has 2 rings (SSSR count). The van der Waals surface area contributed by atoms with Gasteiger partial charge in [-0.15, -0.1) is 0 Å². The Hall–Kier alpha value is -1.29. The largest absolute Gasteiger partial charge is 0.373 e. The van der Waals surface area contributed by atoms with E-state index in [0.717, 1.165) is 25.3 Å². The molecule has 1 aliphatic carbocycles. The van der Waals surface area contributed by atoms with E-state index in [4.69, 9.17) is 0 Å². The van der Waals surface area contributed by atoms with Crippen LogP contribution in [-0.2, 0) is 0 Å². The molecular weight excluding hydrogens is 248 g/mol. The third-order valence-electron chi connectivity index (χ3n) is 4.50. The first-order chi connectivity index (χ1) is 9.57. The summed E-state index contributed by atoms with van der Waals surface area (Å²) in [5.74, 6) is 0.976. The van der Waals surface area contributed by atoms with Crippen LogP contribution in [-0.4, -0.2) is 49.7 Å². The van der Waals surface area contributed by atoms with Crippen LogP contribution in [0.1, 0.15) is 32.6 Å². The summed E-state index contributed by atoms with van der Waals surface area (Å²) in [6.45, 7) is 4.22. The standard InChI is InChI=1S/C16H28N4/c1-5-10-17-15-12-14(7-11-18-15)20(4)13-16(19(2)3)8-6-9-16/h7,11-12H,5-6,8-10,13H2,1-4H3,(H,17,18). The average molecular weight is 276 g/mol. The second kappa shape index (κ2) is 6.44. The van der Waals surface area contributed by atoms with Crippen molar-refractivity contribution in [3.8, 4) is 0 Å². The van der Waals surface area contributed by atoms with E-state index >= 15 is 0 Å². The third-order valence-corrected chi connectivity index (χ3v) is 4.50. The lowest BCUT2D eigenvalue weighted by molar-refractivity contribution is 0.0683. The number of hydrogen-bond donors (Lipinski definition) is 1. The average Bonchev–Trinajstić information content (AvgIpc) is 2.40. The highest BCUT2D eigenvalue weighted by Gasteiger charge is 2.39. The molecule has 4 nitrogen and oxygen atoms in total. The van der Waals surface area contributed by atoms with Gasteiger partial charge in [0, 0.05) is 43.6 Å². The summed E-state index contributed by atoms with van der Waals surface area (Å²) in [6, 6.07) is 4.25. The molecule has 1 aromatic rings. The Kier molecular flexibility index (Phi) is 4.86. The monoisotopic (exact) mass is 276 g/mol. The Bertz CT molecular complexity index is 426. The SMILES string of the molecule is CCCNc1cc(N(C)CC2(N(C)C)CCC2)ccn1. The smallest absolute Gasteiger partial charge is 0.127 e. The van der Waals surface area contributed by atoms with Gasteiger partial charge in [-0.2, -0.15) is 0 Å². The molecule has 1 N–H and O–H groups in total. The van der Waals surface area contributed by atoms with E-state index in [9.17, 15) is 0 Å². The Balaban J connectivity index is 2.03. The third kappa shape index (κ3) is 3.23. The van der Waals surface area contributed by atoms with Crippen molar-refractivity contribution in [2.24, 2.45) is 0 Å². The Morgan fingerprint density at radius 1 is 1.30 bits per heavy atom. The van der Waals surface area contributed by atoms with E-state index in [0.29, 0.717) is 5.54 Å². The zero-order valence-electron chi connectivity index (χ0n) is 13.3. The summed E-state index contributed by atoms with van der Waals surface area (Å²) >= 11 is 0. The predicted molar refractivity (Wildman–Crippen MR) is 86.6 cm³/mol. The quantitative estimate of drug-likeness (QED) is 0.830. The molecule has 1 aliphatic rings. The number of nitrogens with one attached hydrogen (secondary N) is 1. The van der Waals surface area contributed by atoms with Crippen LogP contribution >= 0.6 is 0 Å². The van der Waals surface area contributed by atoms with Crippen molar-refractivity contribution < 1.29 is 0 Å². The van der Waals surface area contributed by atoms with Crippen molar-refractivity contribution in [3.05, 3.63) is 18.3 Å². The normalized spacial score (nSPS) is 16.9. The molecule has 0 unspecified atom stereocenters. The number of aromatic nitrogens is 1. The maximum Gasteiger partial charge on any atom is 0.127 e. The molecule has 0 aliphatic heterocycles. The molecule has 20 heavy (non-hydrogen) atoms. The van der Waals surface area contributed by atoms with Crippen molar-refractivity contribution >= 4 is 11.5 Å². The van der Waals surface area contributed by atoms with Crippen LogP contribution in [0, 0.1) is 0 Å². The molecule has 0 aromatic carbocycles. The molecule has 0 saturated heterocycles. The van der Waals surface area contributed by atoms with Gasteiger partial charge in [-0.1, -0.05) is 6.92 Å². The topological polar surface area (TPSA) is 31.4 Å². The van der Waals surface area contributed by atoms with Crippen molar-refractivity contribution in [3.63, 3.8) is 0 Å². The summed E-state index contributed by atoms with van der Waals surface area (Å²) < 4.78 is 0. The second-order valence-electron chi connectivity index (χ2n) is 6.15. The lowest BCUT2D eigenvalue weighted by Gasteiger charge is -2.49. The van der Waals surface area contributed by atoms with Gasteiger partial charge in [-0.3, -0.25) is 0 Å². The van der Waals surface area contributed by atoms with Crippen LogP contribution in [0.2, 0.25) is 0 Å². The Labute approximate surface area is 123 Å². The lowest BCUT2D eigenvalue weighted by atomic mass is 9.75. The minimum atomic E-state index is 0.356. The molecule has 1 aromatic heterocycles. The summed E-state index contributed by atoms with van der Waals surface area (Å²) in [4.78, 5) is 9.13. The van der Waals surface area contributed by atoms with E-state index in [1.165, 1.54) is 24.9 Å². The minimum absolute atomic E-state index is 0.356. The maximum atomic E-state index is 4.38. The summed E-state index contributed by atoms with van der Waals surface area (Å²) in [7, 11) is 6.59. The number of rotatable bonds is 7. The highest BCUT2D eigenvalue weighted by atomic mass is 15.2. The van der Waals surface area contributed by atoms with E-state index in [2.05, 4.69) is 60.3 Å². The molecular formula is C16H28N4. The number of likely N-dealkylation sites (N-methyl/N-ethyl adjacent to an activating group) is 2. The fourth-order valence-corrected chi connectivity index (χ4v) is 2.87. The fourth-order valence-electron chi connectivity index (χ4n) is 2.87. The molecule has 0 amide bonds. The minimum Gasteiger partial charge on any atom is -0.373 e. The fraction of sp³-hybridized carbons (Fsp3) is 0.688. The molecule has 1 saturated carbocycles. The van der Waals surface area contributed by atoms with Crippen molar-refractivity contribution in [2.45, 2.75) is 38.1 Å². The highest BCUT2D eigenvalue weighted by Crippen LogP contribution is 2.37. The number of pyridine rings is 1. The summed E-state index contributed by atoms with van der Waals surface area (Å²) in [5, 5.41) is 3.35. The van der Waals surface area contributed by atoms with E-state index in [1.54, 1.807) is 0 Å². The van der Waals surface area contributed by atoms with Crippen LogP contribution in [0.5, 0.6) is 0 Å². The van der Waals surface area contributed by atoms with Gasteiger partial charge in [-0.25, -0.2) is 4.98 Å². The number of hydrogen-bond acceptors (Lipinski definition) is 4. The van der Waals surface area contributed by atoms with E-state index in [1.807, 2.05) is 6.20 Å². The molecule has 0 spiro atoms. The van der Waals surface area contributed by atoms with Crippen LogP contribution in [0.3, 0.4) is 0 Å². The van der Waals surface area contributed by atoms with Crippen LogP contribution in [0.25, 0.3) is 0 Å². The predicted octanol–water partition coefficient (Wildman–Crippen LogP) is 2.82. The Morgan fingerprint density at radius 3 is 2.60 bits per heavy atom. The van der Waals surface area contributed by atoms with Gasteiger partial charge >= 0.3 is 0 Å². The van der Waals surface area contributed by atoms with E-state index in [-0.39, 0.29) is 0 Å². The molecule has 0 bridgehead atoms. The van der Waals surface area contributed by atoms with Gasteiger partial charge < -0.3 is 15.1 Å². The second-order valence-corrected chi connectivity index (χ2v) is 6.15. The molecule has 4 heteroatoms. The first kappa shape index (κ1) is 15.1. The zero-order chi connectivity index (χ0) is 14.6. The van der Waals surface area contributed by atoms with Crippen molar-refractivity contribution in [1.82, 2.24) is 9.88 Å². The zero-order valence-corrected chi connectivity index (χ0v) is 13.3. The van der Waals surface area contributed by atoms with Gasteiger partial charge in [0.15, 0.2) is 0 Å². The molecule has 112 valence electrons. The van der Waals surface area contributed by atoms with Crippen molar-refractivity contribution in [2.75, 3.05) is 44.4 Å². The van der Waals surface area contributed by atoms with Crippen LogP contribution in [0.4, 0.5) is 11.5 Å². The summed E-state index contributed by atoms with van der Waals surface area (Å²) in [5.41, 5.74) is 1.60.